The number of ether oxygens (including phenoxy) is 2. The minimum absolute atomic E-state index is 0.611. The Hall–Kier alpha value is -2.38. The number of halogens is 1. The third-order valence-electron chi connectivity index (χ3n) is 10.4. The Labute approximate surface area is 280 Å². The van der Waals surface area contributed by atoms with E-state index in [9.17, 15) is 0 Å². The van der Waals surface area contributed by atoms with Crippen LogP contribution in [0.1, 0.15) is 102 Å². The zero-order valence-electron chi connectivity index (χ0n) is 28.1. The van der Waals surface area contributed by atoms with E-state index in [0.717, 1.165) is 63.5 Å². The van der Waals surface area contributed by atoms with Crippen molar-refractivity contribution in [1.82, 2.24) is 15.3 Å². The average molecular weight is 680 g/mol. The van der Waals surface area contributed by atoms with Crippen LogP contribution >= 0.6 is 15.9 Å². The highest BCUT2D eigenvalue weighted by atomic mass is 79.9. The van der Waals surface area contributed by atoms with E-state index < -0.39 is 0 Å². The van der Waals surface area contributed by atoms with E-state index in [1.165, 1.54) is 82.7 Å². The Morgan fingerprint density at radius 3 is 2.47 bits per heavy atom. The summed E-state index contributed by atoms with van der Waals surface area (Å²) in [4.78, 5) is 9.37. The first kappa shape index (κ1) is 34.0. The van der Waals surface area contributed by atoms with Gasteiger partial charge in [-0.15, -0.1) is 0 Å². The third-order valence-corrected chi connectivity index (χ3v) is 10.9. The second-order valence-electron chi connectivity index (χ2n) is 14.0. The lowest BCUT2D eigenvalue weighted by molar-refractivity contribution is 0.0261. The molecule has 45 heavy (non-hydrogen) atoms. The van der Waals surface area contributed by atoms with Crippen molar-refractivity contribution >= 4 is 32.7 Å². The van der Waals surface area contributed by atoms with Gasteiger partial charge in [0.1, 0.15) is 11.6 Å². The van der Waals surface area contributed by atoms with Crippen LogP contribution in [0.2, 0.25) is 0 Å². The minimum atomic E-state index is 0.611. The van der Waals surface area contributed by atoms with Crippen LogP contribution < -0.4 is 20.1 Å². The van der Waals surface area contributed by atoms with Gasteiger partial charge in [0.25, 0.3) is 0 Å². The molecule has 246 valence electrons. The molecule has 2 unspecified atom stereocenters. The van der Waals surface area contributed by atoms with Gasteiger partial charge in [-0.3, -0.25) is 0 Å². The van der Waals surface area contributed by atoms with Gasteiger partial charge in [0.15, 0.2) is 11.5 Å². The van der Waals surface area contributed by atoms with E-state index in [1.54, 1.807) is 7.11 Å². The van der Waals surface area contributed by atoms with Crippen molar-refractivity contribution in [3.8, 4) is 11.5 Å². The lowest BCUT2D eigenvalue weighted by Gasteiger charge is -2.49. The summed E-state index contributed by atoms with van der Waals surface area (Å²) in [7, 11) is 1.69. The second-order valence-corrected chi connectivity index (χ2v) is 15.0. The number of methoxy groups -OCH3 is 1. The van der Waals surface area contributed by atoms with Crippen molar-refractivity contribution in [3.05, 3.63) is 52.3 Å². The number of hydrogen-bond acceptors (Lipinski definition) is 6. The zero-order valence-corrected chi connectivity index (χ0v) is 29.7. The predicted octanol–water partition coefficient (Wildman–Crippen LogP) is 9.87. The SMILES string of the molecule is CCC1(CCNCCCCCCCOc2cc3nc(C)nc(NCc4cccc(Br)c4)c3cc2OC)CC2CC(C)CC(C2)C1. The maximum absolute atomic E-state index is 6.21. The fraction of sp³-hybridized carbons (Fsp3) is 0.632. The van der Waals surface area contributed by atoms with Crippen LogP contribution in [0.5, 0.6) is 11.5 Å². The molecule has 2 N–H and O–H groups in total. The number of aryl methyl sites for hydroxylation is 1. The quantitative estimate of drug-likeness (QED) is 0.139. The highest BCUT2D eigenvalue weighted by Gasteiger charge is 2.42. The Bertz CT molecular complexity index is 1360. The van der Waals surface area contributed by atoms with Crippen LogP contribution in [0.4, 0.5) is 5.82 Å². The normalized spacial score (nSPS) is 22.8. The molecule has 2 aliphatic rings. The first-order valence-electron chi connectivity index (χ1n) is 17.5. The van der Waals surface area contributed by atoms with E-state index in [4.69, 9.17) is 14.5 Å². The highest BCUT2D eigenvalue weighted by Crippen LogP contribution is 2.53. The van der Waals surface area contributed by atoms with Crippen molar-refractivity contribution in [2.75, 3.05) is 32.1 Å². The fourth-order valence-corrected chi connectivity index (χ4v) is 8.69. The number of fused-ring (bicyclic) bond motifs is 3. The first-order valence-corrected chi connectivity index (χ1v) is 18.3. The summed E-state index contributed by atoms with van der Waals surface area (Å²) in [5.41, 5.74) is 2.64. The molecule has 2 bridgehead atoms. The monoisotopic (exact) mass is 678 g/mol. The van der Waals surface area contributed by atoms with Crippen molar-refractivity contribution in [2.45, 2.75) is 104 Å². The molecule has 0 aliphatic heterocycles. The van der Waals surface area contributed by atoms with Gasteiger partial charge in [0.05, 0.1) is 19.2 Å². The van der Waals surface area contributed by atoms with E-state index >= 15 is 0 Å². The molecule has 6 nitrogen and oxygen atoms in total. The Morgan fingerprint density at radius 1 is 0.933 bits per heavy atom. The molecule has 1 aromatic heterocycles. The van der Waals surface area contributed by atoms with Gasteiger partial charge in [-0.2, -0.15) is 0 Å². The molecule has 0 radical (unpaired) electrons. The molecule has 2 atom stereocenters. The zero-order chi connectivity index (χ0) is 31.6. The third kappa shape index (κ3) is 9.57. The Morgan fingerprint density at radius 2 is 1.71 bits per heavy atom. The number of rotatable bonds is 17. The first-order chi connectivity index (χ1) is 21.9. The molecule has 0 amide bonds. The van der Waals surface area contributed by atoms with Gasteiger partial charge in [-0.25, -0.2) is 9.97 Å². The number of unbranched alkanes of at least 4 members (excludes halogenated alkanes) is 4. The average Bonchev–Trinajstić information content (AvgIpc) is 3.01. The number of nitrogens with zero attached hydrogens (tertiary/aromatic N) is 2. The topological polar surface area (TPSA) is 68.3 Å². The van der Waals surface area contributed by atoms with Crippen LogP contribution in [0, 0.1) is 30.1 Å². The van der Waals surface area contributed by atoms with Crippen LogP contribution in [0.15, 0.2) is 40.9 Å². The Balaban J connectivity index is 0.998. The molecule has 0 saturated heterocycles. The number of benzene rings is 2. The maximum atomic E-state index is 6.21. The van der Waals surface area contributed by atoms with E-state index in [2.05, 4.69) is 57.5 Å². The molecular weight excluding hydrogens is 624 g/mol. The number of hydrogen-bond donors (Lipinski definition) is 2. The van der Waals surface area contributed by atoms with Gasteiger partial charge < -0.3 is 20.1 Å². The summed E-state index contributed by atoms with van der Waals surface area (Å²) in [6.07, 6.45) is 16.2. The molecule has 0 spiro atoms. The fourth-order valence-electron chi connectivity index (χ4n) is 8.24. The summed E-state index contributed by atoms with van der Waals surface area (Å²) < 4.78 is 13.0. The van der Waals surface area contributed by atoms with Crippen LogP contribution in [-0.2, 0) is 6.54 Å². The highest BCUT2D eigenvalue weighted by molar-refractivity contribution is 9.10. The molecule has 2 saturated carbocycles. The molecule has 5 rings (SSSR count). The molecular formula is C38H55BrN4O2. The lowest BCUT2D eigenvalue weighted by atomic mass is 9.57. The molecule has 2 aliphatic carbocycles. The molecule has 3 aromatic rings. The maximum Gasteiger partial charge on any atom is 0.163 e. The van der Waals surface area contributed by atoms with E-state index in [-0.39, 0.29) is 0 Å². The van der Waals surface area contributed by atoms with Gasteiger partial charge in [-0.05, 0) is 118 Å². The number of aromatic nitrogens is 2. The predicted molar refractivity (Wildman–Crippen MR) is 190 cm³/mol. The van der Waals surface area contributed by atoms with E-state index in [1.807, 2.05) is 31.2 Å². The standard InChI is InChI=1S/C38H55BrN4O2/c1-5-38(24-30-18-27(2)19-31(20-30)25-38)14-16-40-15-9-7-6-8-10-17-45-36-23-34-33(22-35(36)44-4)37(43-28(3)42-34)41-26-29-12-11-13-32(39)21-29/h11-13,21-23,27,30-31,40H,5-10,14-20,24-26H2,1-4H3,(H,41,42,43). The lowest BCUT2D eigenvalue weighted by Crippen LogP contribution is -2.39. The second kappa shape index (κ2) is 16.4. The number of nitrogens with one attached hydrogen (secondary N) is 2. The minimum Gasteiger partial charge on any atom is -0.493 e. The smallest absolute Gasteiger partial charge is 0.163 e. The summed E-state index contributed by atoms with van der Waals surface area (Å²) in [5.74, 6) is 5.93. The van der Waals surface area contributed by atoms with E-state index in [0.29, 0.717) is 24.3 Å². The van der Waals surface area contributed by atoms with Gasteiger partial charge in [0.2, 0.25) is 0 Å². The molecule has 1 heterocycles. The van der Waals surface area contributed by atoms with Crippen molar-refractivity contribution < 1.29 is 9.47 Å². The van der Waals surface area contributed by atoms with Crippen molar-refractivity contribution in [1.29, 1.82) is 0 Å². The van der Waals surface area contributed by atoms with Crippen molar-refractivity contribution in [2.24, 2.45) is 23.2 Å². The Kier molecular flexibility index (Phi) is 12.4. The van der Waals surface area contributed by atoms with Crippen LogP contribution in [0.25, 0.3) is 10.9 Å². The molecule has 2 aromatic carbocycles. The van der Waals surface area contributed by atoms with Crippen LogP contribution in [-0.4, -0.2) is 36.8 Å². The van der Waals surface area contributed by atoms with Crippen LogP contribution in [0.3, 0.4) is 0 Å². The summed E-state index contributed by atoms with van der Waals surface area (Å²) in [6, 6.07) is 12.3. The van der Waals surface area contributed by atoms with Crippen molar-refractivity contribution in [3.63, 3.8) is 0 Å². The number of anilines is 1. The summed E-state index contributed by atoms with van der Waals surface area (Å²) >= 11 is 3.55. The molecule has 7 heteroatoms. The van der Waals surface area contributed by atoms with Gasteiger partial charge in [0, 0.05) is 22.5 Å². The van der Waals surface area contributed by atoms with Gasteiger partial charge in [-0.1, -0.05) is 67.6 Å². The largest absolute Gasteiger partial charge is 0.493 e. The van der Waals surface area contributed by atoms with Gasteiger partial charge >= 0.3 is 0 Å². The summed E-state index contributed by atoms with van der Waals surface area (Å²) in [6.45, 7) is 10.5. The summed E-state index contributed by atoms with van der Waals surface area (Å²) in [5, 5.41) is 8.20. The molecule has 2 fully saturated rings.